The molecule has 0 amide bonds. The molecule has 23 heavy (non-hydrogen) atoms. The average molecular weight is 322 g/mol. The summed E-state index contributed by atoms with van der Waals surface area (Å²) in [4.78, 5) is 3.83. The molecule has 0 radical (unpaired) electrons. The highest BCUT2D eigenvalue weighted by atomic mass is 19.4. The van der Waals surface area contributed by atoms with Crippen molar-refractivity contribution in [1.29, 1.82) is 0 Å². The molecule has 2 atom stereocenters. The molecular weight excluding hydrogens is 305 g/mol. The Bertz CT molecular complexity index is 621. The summed E-state index contributed by atoms with van der Waals surface area (Å²) in [6.45, 7) is 0.157. The number of hydrogen-bond donors (Lipinski definition) is 1. The minimum Gasteiger partial charge on any atom is -0.488 e. The molecule has 0 unspecified atom stereocenters. The van der Waals surface area contributed by atoms with Gasteiger partial charge in [-0.15, -0.1) is 0 Å². The van der Waals surface area contributed by atoms with Crippen LogP contribution in [-0.2, 0) is 12.8 Å². The molecule has 1 aliphatic heterocycles. The third kappa shape index (κ3) is 4.01. The van der Waals surface area contributed by atoms with Crippen molar-refractivity contribution in [1.82, 2.24) is 10.3 Å². The second-order valence-electron chi connectivity index (χ2n) is 5.61. The standard InChI is InChI=1S/C17H17F3N2O/c18-17(19,20)16(9-12-5-7-21-8-6-12)22-11-14-10-13-3-1-2-4-15(13)23-14/h1-8,14,16,22H,9-11H2/t14-,16+/m0/s1. The van der Waals surface area contributed by atoms with E-state index in [4.69, 9.17) is 4.74 Å². The summed E-state index contributed by atoms with van der Waals surface area (Å²) in [5, 5.41) is 2.61. The first-order chi connectivity index (χ1) is 11.0. The lowest BCUT2D eigenvalue weighted by atomic mass is 10.1. The van der Waals surface area contributed by atoms with E-state index < -0.39 is 12.2 Å². The zero-order chi connectivity index (χ0) is 16.3. The Hall–Kier alpha value is -2.08. The molecule has 2 heterocycles. The number of ether oxygens (including phenoxy) is 1. The molecule has 1 N–H and O–H groups in total. The van der Waals surface area contributed by atoms with Crippen LogP contribution in [0.4, 0.5) is 13.2 Å². The van der Waals surface area contributed by atoms with Crippen LogP contribution in [0.5, 0.6) is 5.75 Å². The summed E-state index contributed by atoms with van der Waals surface area (Å²) in [7, 11) is 0. The number of aromatic nitrogens is 1. The van der Waals surface area contributed by atoms with E-state index in [9.17, 15) is 13.2 Å². The molecule has 1 aliphatic rings. The molecule has 0 saturated heterocycles. The van der Waals surface area contributed by atoms with Gasteiger partial charge in [0.1, 0.15) is 17.9 Å². The number of para-hydroxylation sites is 1. The van der Waals surface area contributed by atoms with Gasteiger partial charge in [0.25, 0.3) is 0 Å². The molecule has 0 bridgehead atoms. The highest BCUT2D eigenvalue weighted by Crippen LogP contribution is 2.28. The van der Waals surface area contributed by atoms with E-state index in [1.165, 1.54) is 12.4 Å². The monoisotopic (exact) mass is 322 g/mol. The van der Waals surface area contributed by atoms with Crippen molar-refractivity contribution >= 4 is 0 Å². The summed E-state index contributed by atoms with van der Waals surface area (Å²) in [5.41, 5.74) is 1.64. The number of nitrogens with zero attached hydrogens (tertiary/aromatic N) is 1. The van der Waals surface area contributed by atoms with E-state index in [1.54, 1.807) is 12.1 Å². The summed E-state index contributed by atoms with van der Waals surface area (Å²) in [5.74, 6) is 0.761. The Labute approximate surface area is 132 Å². The molecule has 0 fully saturated rings. The van der Waals surface area contributed by atoms with Crippen molar-refractivity contribution < 1.29 is 17.9 Å². The van der Waals surface area contributed by atoms with Crippen LogP contribution in [0.1, 0.15) is 11.1 Å². The minimum atomic E-state index is -4.31. The molecule has 122 valence electrons. The normalized spacial score (nSPS) is 18.3. The third-order valence-corrected chi connectivity index (χ3v) is 3.89. The van der Waals surface area contributed by atoms with E-state index >= 15 is 0 Å². The lowest BCUT2D eigenvalue weighted by molar-refractivity contribution is -0.156. The van der Waals surface area contributed by atoms with Gasteiger partial charge in [-0.3, -0.25) is 4.98 Å². The van der Waals surface area contributed by atoms with E-state index in [2.05, 4.69) is 10.3 Å². The Morgan fingerprint density at radius 1 is 1.17 bits per heavy atom. The molecule has 2 aromatic rings. The number of hydrogen-bond acceptors (Lipinski definition) is 3. The van der Waals surface area contributed by atoms with Crippen LogP contribution in [0, 0.1) is 0 Å². The topological polar surface area (TPSA) is 34.2 Å². The van der Waals surface area contributed by atoms with Crippen LogP contribution in [0.2, 0.25) is 0 Å². The van der Waals surface area contributed by atoms with Crippen LogP contribution >= 0.6 is 0 Å². The van der Waals surface area contributed by atoms with Crippen LogP contribution in [0.3, 0.4) is 0 Å². The first-order valence-corrected chi connectivity index (χ1v) is 7.46. The molecular formula is C17H17F3N2O. The fourth-order valence-corrected chi connectivity index (χ4v) is 2.70. The number of alkyl halides is 3. The zero-order valence-electron chi connectivity index (χ0n) is 12.4. The van der Waals surface area contributed by atoms with Gasteiger partial charge in [0, 0.05) is 25.4 Å². The van der Waals surface area contributed by atoms with Crippen molar-refractivity contribution in [3.63, 3.8) is 0 Å². The largest absolute Gasteiger partial charge is 0.488 e. The summed E-state index contributed by atoms with van der Waals surface area (Å²) in [6.07, 6.45) is -1.07. The summed E-state index contributed by atoms with van der Waals surface area (Å²) in [6, 6.07) is 9.14. The first kappa shape index (κ1) is 15.8. The molecule has 0 aliphatic carbocycles. The van der Waals surface area contributed by atoms with E-state index in [-0.39, 0.29) is 19.1 Å². The molecule has 6 heteroatoms. The molecule has 0 saturated carbocycles. The lowest BCUT2D eigenvalue weighted by Crippen LogP contribution is -2.47. The van der Waals surface area contributed by atoms with Gasteiger partial charge in [0.15, 0.2) is 0 Å². The van der Waals surface area contributed by atoms with Crippen molar-refractivity contribution in [2.45, 2.75) is 31.2 Å². The fraction of sp³-hybridized carbons (Fsp3) is 0.353. The number of halogens is 3. The van der Waals surface area contributed by atoms with Crippen LogP contribution in [-0.4, -0.2) is 29.9 Å². The highest BCUT2D eigenvalue weighted by molar-refractivity contribution is 5.37. The number of benzene rings is 1. The van der Waals surface area contributed by atoms with Gasteiger partial charge in [0.2, 0.25) is 0 Å². The van der Waals surface area contributed by atoms with Crippen molar-refractivity contribution in [3.05, 3.63) is 59.9 Å². The Kier molecular flexibility index (Phi) is 4.52. The van der Waals surface area contributed by atoms with Crippen LogP contribution in [0.15, 0.2) is 48.8 Å². The van der Waals surface area contributed by atoms with Gasteiger partial charge < -0.3 is 10.1 Å². The minimum absolute atomic E-state index is 0.119. The smallest absolute Gasteiger partial charge is 0.404 e. The molecule has 0 spiro atoms. The van der Waals surface area contributed by atoms with E-state index in [0.29, 0.717) is 12.0 Å². The maximum absolute atomic E-state index is 13.2. The van der Waals surface area contributed by atoms with Crippen LogP contribution in [0.25, 0.3) is 0 Å². The third-order valence-electron chi connectivity index (χ3n) is 3.89. The number of nitrogens with one attached hydrogen (secondary N) is 1. The van der Waals surface area contributed by atoms with E-state index in [1.807, 2.05) is 24.3 Å². The zero-order valence-corrected chi connectivity index (χ0v) is 12.4. The number of pyridine rings is 1. The maximum atomic E-state index is 13.2. The van der Waals surface area contributed by atoms with Crippen molar-refractivity contribution in [3.8, 4) is 5.75 Å². The molecule has 1 aromatic carbocycles. The fourth-order valence-electron chi connectivity index (χ4n) is 2.70. The quantitative estimate of drug-likeness (QED) is 0.918. The Morgan fingerprint density at radius 3 is 2.61 bits per heavy atom. The van der Waals surface area contributed by atoms with Gasteiger partial charge in [-0.2, -0.15) is 13.2 Å². The summed E-state index contributed by atoms with van der Waals surface area (Å²) < 4.78 is 45.4. The highest BCUT2D eigenvalue weighted by Gasteiger charge is 2.40. The predicted molar refractivity (Wildman–Crippen MR) is 80.3 cm³/mol. The maximum Gasteiger partial charge on any atom is 0.404 e. The van der Waals surface area contributed by atoms with E-state index in [0.717, 1.165) is 11.3 Å². The van der Waals surface area contributed by atoms with Gasteiger partial charge in [-0.1, -0.05) is 18.2 Å². The Balaban J connectivity index is 1.60. The SMILES string of the molecule is FC(F)(F)[C@@H](Cc1ccncc1)NC[C@@H]1Cc2ccccc2O1. The lowest BCUT2D eigenvalue weighted by Gasteiger charge is -2.23. The van der Waals surface area contributed by atoms with Crippen LogP contribution < -0.4 is 10.1 Å². The summed E-state index contributed by atoms with van der Waals surface area (Å²) >= 11 is 0. The molecule has 3 nitrogen and oxygen atoms in total. The van der Waals surface area contributed by atoms with Crippen molar-refractivity contribution in [2.24, 2.45) is 0 Å². The molecule has 1 aromatic heterocycles. The average Bonchev–Trinajstić information content (AvgIpc) is 2.94. The Morgan fingerprint density at radius 2 is 1.91 bits per heavy atom. The van der Waals surface area contributed by atoms with Gasteiger partial charge in [-0.25, -0.2) is 0 Å². The van der Waals surface area contributed by atoms with Gasteiger partial charge in [-0.05, 0) is 35.7 Å². The predicted octanol–water partition coefficient (Wildman–Crippen LogP) is 3.15. The first-order valence-electron chi connectivity index (χ1n) is 7.46. The van der Waals surface area contributed by atoms with Crippen molar-refractivity contribution in [2.75, 3.05) is 6.54 Å². The molecule has 3 rings (SSSR count). The van der Waals surface area contributed by atoms with Gasteiger partial charge in [0.05, 0.1) is 0 Å². The second kappa shape index (κ2) is 6.58. The second-order valence-corrected chi connectivity index (χ2v) is 5.61. The van der Waals surface area contributed by atoms with Gasteiger partial charge >= 0.3 is 6.18 Å². The number of rotatable bonds is 5. The number of fused-ring (bicyclic) bond motifs is 1.